The highest BCUT2D eigenvalue weighted by Gasteiger charge is 2.47. The van der Waals surface area contributed by atoms with Gasteiger partial charge in [0.25, 0.3) is 9.84 Å². The summed E-state index contributed by atoms with van der Waals surface area (Å²) in [6.45, 7) is 1.30. The molecule has 2 aromatic rings. The molecule has 1 fully saturated rings. The van der Waals surface area contributed by atoms with Crippen LogP contribution >= 0.6 is 11.3 Å². The van der Waals surface area contributed by atoms with Crippen molar-refractivity contribution in [3.8, 4) is 0 Å². The van der Waals surface area contributed by atoms with Crippen molar-refractivity contribution in [3.63, 3.8) is 0 Å². The number of thiazole rings is 1. The molecule has 1 atom stereocenters. The summed E-state index contributed by atoms with van der Waals surface area (Å²) in [7, 11) is -3.92. The minimum Gasteiger partial charge on any atom is -0.383 e. The number of halogens is 3. The molecule has 0 N–H and O–H groups in total. The van der Waals surface area contributed by atoms with E-state index >= 15 is 0 Å². The summed E-state index contributed by atoms with van der Waals surface area (Å²) < 4.78 is 66.6. The van der Waals surface area contributed by atoms with Gasteiger partial charge in [-0.1, -0.05) is 23.5 Å². The molecular weight excluding hydrogens is 417 g/mol. The second kappa shape index (κ2) is 7.80. The molecule has 1 aromatic heterocycles. The number of rotatable bonds is 6. The SMILES string of the molecule is COC[C@@H]1CCCN1c1ncc(C(=O)c2cccc(S(=O)(=O)C(F)(F)F)c2)s1. The summed E-state index contributed by atoms with van der Waals surface area (Å²) in [6, 6.07) is 4.11. The zero-order chi connectivity index (χ0) is 20.5. The molecule has 6 nitrogen and oxygen atoms in total. The molecule has 1 saturated heterocycles. The number of hydrogen-bond acceptors (Lipinski definition) is 7. The number of carbonyl (C=O) groups is 1. The van der Waals surface area contributed by atoms with E-state index in [1.54, 1.807) is 7.11 Å². The average molecular weight is 434 g/mol. The first-order valence-corrected chi connectivity index (χ1v) is 10.6. The van der Waals surface area contributed by atoms with Gasteiger partial charge in [0.2, 0.25) is 5.78 Å². The third-order valence-electron chi connectivity index (χ3n) is 4.41. The highest BCUT2D eigenvalue weighted by Crippen LogP contribution is 2.33. The van der Waals surface area contributed by atoms with Gasteiger partial charge in [-0.25, -0.2) is 13.4 Å². The normalized spacial score (nSPS) is 17.9. The molecule has 11 heteroatoms. The molecule has 1 aliphatic rings. The van der Waals surface area contributed by atoms with Crippen molar-refractivity contribution in [2.45, 2.75) is 29.3 Å². The maximum Gasteiger partial charge on any atom is 0.501 e. The predicted molar refractivity (Wildman–Crippen MR) is 97.5 cm³/mol. The lowest BCUT2D eigenvalue weighted by molar-refractivity contribution is -0.0436. The van der Waals surface area contributed by atoms with Crippen LogP contribution in [0.15, 0.2) is 35.4 Å². The number of aromatic nitrogens is 1. The van der Waals surface area contributed by atoms with Crippen molar-refractivity contribution in [1.29, 1.82) is 0 Å². The number of anilines is 1. The predicted octanol–water partition coefficient (Wildman–Crippen LogP) is 3.28. The number of benzene rings is 1. The Morgan fingerprint density at radius 3 is 2.82 bits per heavy atom. The lowest BCUT2D eigenvalue weighted by Crippen LogP contribution is -2.32. The molecule has 0 saturated carbocycles. The van der Waals surface area contributed by atoms with E-state index < -0.39 is 26.0 Å². The van der Waals surface area contributed by atoms with Crippen molar-refractivity contribution in [3.05, 3.63) is 40.9 Å². The standard InChI is InChI=1S/C17H17F3N2O4S2/c1-26-10-12-5-3-7-22(12)16-21-9-14(27-16)15(23)11-4-2-6-13(8-11)28(24,25)17(18,19)20/h2,4,6,8-9,12H,3,5,7,10H2,1H3/t12-/m0/s1. The van der Waals surface area contributed by atoms with Gasteiger partial charge in [-0.3, -0.25) is 4.79 Å². The maximum atomic E-state index is 12.8. The number of hydrogen-bond donors (Lipinski definition) is 0. The van der Waals surface area contributed by atoms with E-state index in [0.29, 0.717) is 11.7 Å². The van der Waals surface area contributed by atoms with Gasteiger partial charge in [0.1, 0.15) is 0 Å². The minimum atomic E-state index is -5.52. The van der Waals surface area contributed by atoms with E-state index in [2.05, 4.69) is 4.98 Å². The van der Waals surface area contributed by atoms with Crippen LogP contribution < -0.4 is 4.90 Å². The molecule has 0 aliphatic carbocycles. The molecule has 0 spiro atoms. The number of nitrogens with zero attached hydrogens (tertiary/aromatic N) is 2. The van der Waals surface area contributed by atoms with Crippen molar-refractivity contribution in [2.75, 3.05) is 25.2 Å². The van der Waals surface area contributed by atoms with Crippen LogP contribution in [0.2, 0.25) is 0 Å². The smallest absolute Gasteiger partial charge is 0.383 e. The van der Waals surface area contributed by atoms with Crippen LogP contribution in [0.4, 0.5) is 18.3 Å². The van der Waals surface area contributed by atoms with Crippen LogP contribution in [0.3, 0.4) is 0 Å². The van der Waals surface area contributed by atoms with Crippen molar-refractivity contribution in [1.82, 2.24) is 4.98 Å². The van der Waals surface area contributed by atoms with Crippen molar-refractivity contribution >= 4 is 32.1 Å². The van der Waals surface area contributed by atoms with Gasteiger partial charge in [-0.15, -0.1) is 0 Å². The molecule has 1 aromatic carbocycles. The number of methoxy groups -OCH3 is 1. The van der Waals surface area contributed by atoms with Gasteiger partial charge in [0, 0.05) is 19.2 Å². The second-order valence-electron chi connectivity index (χ2n) is 6.26. The number of sulfone groups is 1. The fraction of sp³-hybridized carbons (Fsp3) is 0.412. The molecule has 152 valence electrons. The zero-order valence-corrected chi connectivity index (χ0v) is 16.4. The van der Waals surface area contributed by atoms with E-state index in [1.165, 1.54) is 12.3 Å². The van der Waals surface area contributed by atoms with E-state index in [9.17, 15) is 26.4 Å². The third kappa shape index (κ3) is 3.91. The monoisotopic (exact) mass is 434 g/mol. The Bertz CT molecular complexity index is 973. The maximum absolute atomic E-state index is 12.8. The first-order valence-electron chi connectivity index (χ1n) is 8.32. The van der Waals surface area contributed by atoms with Gasteiger partial charge >= 0.3 is 5.51 Å². The van der Waals surface area contributed by atoms with Crippen LogP contribution in [-0.2, 0) is 14.6 Å². The lowest BCUT2D eigenvalue weighted by atomic mass is 10.1. The van der Waals surface area contributed by atoms with Crippen LogP contribution in [0, 0.1) is 0 Å². The lowest BCUT2D eigenvalue weighted by Gasteiger charge is -2.22. The highest BCUT2D eigenvalue weighted by molar-refractivity contribution is 7.92. The van der Waals surface area contributed by atoms with Crippen LogP contribution in [0.1, 0.15) is 28.1 Å². The Hall–Kier alpha value is -1.98. The van der Waals surface area contributed by atoms with Gasteiger partial charge in [-0.2, -0.15) is 13.2 Å². The van der Waals surface area contributed by atoms with Gasteiger partial charge in [0.05, 0.1) is 28.6 Å². The minimum absolute atomic E-state index is 0.143. The number of ketones is 1. The first-order chi connectivity index (χ1) is 13.1. The quantitative estimate of drug-likeness (QED) is 0.650. The average Bonchev–Trinajstić information content (AvgIpc) is 3.29. The van der Waals surface area contributed by atoms with E-state index in [-0.39, 0.29) is 16.5 Å². The largest absolute Gasteiger partial charge is 0.501 e. The Kier molecular flexibility index (Phi) is 5.78. The molecule has 1 aliphatic heterocycles. The molecule has 0 unspecified atom stereocenters. The van der Waals surface area contributed by atoms with Crippen LogP contribution in [0.5, 0.6) is 0 Å². The molecule has 3 rings (SSSR count). The van der Waals surface area contributed by atoms with E-state index in [4.69, 9.17) is 4.74 Å². The summed E-state index contributed by atoms with van der Waals surface area (Å²) >= 11 is 1.12. The van der Waals surface area contributed by atoms with Crippen molar-refractivity contribution < 1.29 is 31.1 Å². The van der Waals surface area contributed by atoms with Gasteiger partial charge < -0.3 is 9.64 Å². The van der Waals surface area contributed by atoms with Gasteiger partial charge in [0.15, 0.2) is 5.13 Å². The summed E-state index contributed by atoms with van der Waals surface area (Å²) in [5, 5.41) is 0.627. The fourth-order valence-electron chi connectivity index (χ4n) is 3.04. The Morgan fingerprint density at radius 1 is 1.39 bits per heavy atom. The first kappa shape index (κ1) is 20.7. The number of ether oxygens (including phenoxy) is 1. The summed E-state index contributed by atoms with van der Waals surface area (Å²) in [5.74, 6) is -0.578. The third-order valence-corrected chi connectivity index (χ3v) is 6.93. The van der Waals surface area contributed by atoms with Crippen LogP contribution in [0.25, 0.3) is 0 Å². The van der Waals surface area contributed by atoms with Gasteiger partial charge in [-0.05, 0) is 25.0 Å². The summed E-state index contributed by atoms with van der Waals surface area (Å²) in [6.07, 6.45) is 3.26. The Labute approximate surface area is 163 Å². The zero-order valence-electron chi connectivity index (χ0n) is 14.8. The molecule has 0 bridgehead atoms. The topological polar surface area (TPSA) is 76.6 Å². The number of alkyl halides is 3. The second-order valence-corrected chi connectivity index (χ2v) is 9.21. The molecule has 0 amide bonds. The van der Waals surface area contributed by atoms with E-state index in [0.717, 1.165) is 48.9 Å². The van der Waals surface area contributed by atoms with E-state index in [1.807, 2.05) is 4.90 Å². The fourth-order valence-corrected chi connectivity index (χ4v) is 4.82. The summed E-state index contributed by atoms with van der Waals surface area (Å²) in [5.41, 5.74) is -5.58. The molecule has 2 heterocycles. The molecule has 28 heavy (non-hydrogen) atoms. The Balaban J connectivity index is 1.86. The highest BCUT2D eigenvalue weighted by atomic mass is 32.2. The molecule has 0 radical (unpaired) electrons. The van der Waals surface area contributed by atoms with Crippen molar-refractivity contribution in [2.24, 2.45) is 0 Å². The Morgan fingerprint density at radius 2 is 2.14 bits per heavy atom. The molecular formula is C17H17F3N2O4S2. The summed E-state index contributed by atoms with van der Waals surface area (Å²) in [4.78, 5) is 18.2. The number of carbonyl (C=O) groups excluding carboxylic acids is 1. The van der Waals surface area contributed by atoms with Crippen LogP contribution in [-0.4, -0.2) is 51.0 Å².